The van der Waals surface area contributed by atoms with E-state index < -0.39 is 0 Å². The van der Waals surface area contributed by atoms with Crippen molar-refractivity contribution in [1.82, 2.24) is 5.32 Å². The predicted molar refractivity (Wildman–Crippen MR) is 83.3 cm³/mol. The van der Waals surface area contributed by atoms with E-state index in [1.807, 2.05) is 0 Å². The maximum Gasteiger partial charge on any atom is 0.127 e. The van der Waals surface area contributed by atoms with Gasteiger partial charge in [-0.05, 0) is 44.2 Å². The van der Waals surface area contributed by atoms with Gasteiger partial charge in [0.15, 0.2) is 0 Å². The van der Waals surface area contributed by atoms with Gasteiger partial charge in [-0.25, -0.2) is 0 Å². The fourth-order valence-electron chi connectivity index (χ4n) is 3.92. The topological polar surface area (TPSA) is 21.3 Å². The third-order valence-electron chi connectivity index (χ3n) is 4.87. The van der Waals surface area contributed by atoms with Crippen LogP contribution < -0.4 is 10.1 Å². The number of benzene rings is 1. The van der Waals surface area contributed by atoms with Gasteiger partial charge in [0.1, 0.15) is 5.75 Å². The molecule has 0 radical (unpaired) electrons. The number of aryl methyl sites for hydroxylation is 1. The molecule has 2 aliphatic heterocycles. The second-order valence-electron chi connectivity index (χ2n) is 6.32. The summed E-state index contributed by atoms with van der Waals surface area (Å²) < 4.78 is 6.08. The highest BCUT2D eigenvalue weighted by Gasteiger charge is 2.35. The van der Waals surface area contributed by atoms with Gasteiger partial charge in [0.25, 0.3) is 0 Å². The molecule has 0 saturated carbocycles. The molecule has 0 amide bonds. The summed E-state index contributed by atoms with van der Waals surface area (Å²) in [5.74, 6) is 1.20. The Balaban J connectivity index is 2.02. The molecule has 1 fully saturated rings. The molecule has 2 heterocycles. The number of rotatable bonds is 3. The molecule has 0 spiro atoms. The van der Waals surface area contributed by atoms with Gasteiger partial charge in [-0.2, -0.15) is 0 Å². The number of fused-ring (bicyclic) bond motifs is 1. The summed E-state index contributed by atoms with van der Waals surface area (Å²) in [5, 5.41) is 3.88. The van der Waals surface area contributed by atoms with Crippen molar-refractivity contribution in [3.05, 3.63) is 29.3 Å². The highest BCUT2D eigenvalue weighted by molar-refractivity contribution is 5.46. The molecule has 0 aromatic heterocycles. The molecule has 1 unspecified atom stereocenters. The third-order valence-corrected chi connectivity index (χ3v) is 4.87. The molecule has 2 heteroatoms. The fraction of sp³-hybridized carbons (Fsp3) is 0.667. The maximum atomic E-state index is 6.08. The zero-order valence-corrected chi connectivity index (χ0v) is 12.7. The highest BCUT2D eigenvalue weighted by Crippen LogP contribution is 2.42. The second-order valence-corrected chi connectivity index (χ2v) is 6.32. The van der Waals surface area contributed by atoms with E-state index in [9.17, 15) is 0 Å². The van der Waals surface area contributed by atoms with Crippen LogP contribution in [-0.4, -0.2) is 13.2 Å². The Kier molecular flexibility index (Phi) is 4.30. The first-order chi connectivity index (χ1) is 9.86. The van der Waals surface area contributed by atoms with E-state index in [0.29, 0.717) is 0 Å². The van der Waals surface area contributed by atoms with Crippen molar-refractivity contribution in [1.29, 1.82) is 0 Å². The Hall–Kier alpha value is -1.02. The van der Waals surface area contributed by atoms with Gasteiger partial charge in [-0.1, -0.05) is 44.4 Å². The molecule has 0 bridgehead atoms. The molecule has 1 atom stereocenters. The van der Waals surface area contributed by atoms with E-state index in [1.54, 1.807) is 0 Å². The lowest BCUT2D eigenvalue weighted by Gasteiger charge is -2.37. The van der Waals surface area contributed by atoms with E-state index in [-0.39, 0.29) is 5.54 Å². The molecule has 3 rings (SSSR count). The van der Waals surface area contributed by atoms with E-state index in [4.69, 9.17) is 4.74 Å². The van der Waals surface area contributed by atoms with Crippen LogP contribution in [0.5, 0.6) is 5.75 Å². The number of hydrogen-bond donors (Lipinski definition) is 1. The van der Waals surface area contributed by atoms with Crippen molar-refractivity contribution in [2.45, 2.75) is 63.8 Å². The SMILES string of the molecule is CCCC1(c2cccc3c2OCCC3)CCCCCN1. The predicted octanol–water partition coefficient (Wildman–Crippen LogP) is 4.17. The smallest absolute Gasteiger partial charge is 0.127 e. The summed E-state index contributed by atoms with van der Waals surface area (Å²) in [6.07, 6.45) is 10.0. The van der Waals surface area contributed by atoms with Crippen LogP contribution in [0.2, 0.25) is 0 Å². The Morgan fingerprint density at radius 2 is 2.15 bits per heavy atom. The molecular weight excluding hydrogens is 246 g/mol. The van der Waals surface area contributed by atoms with Gasteiger partial charge >= 0.3 is 0 Å². The van der Waals surface area contributed by atoms with Crippen molar-refractivity contribution in [3.63, 3.8) is 0 Å². The normalized spacial score (nSPS) is 26.4. The molecule has 20 heavy (non-hydrogen) atoms. The lowest BCUT2D eigenvalue weighted by atomic mass is 9.80. The van der Waals surface area contributed by atoms with Crippen molar-refractivity contribution in [2.24, 2.45) is 0 Å². The second kappa shape index (κ2) is 6.17. The highest BCUT2D eigenvalue weighted by atomic mass is 16.5. The molecule has 2 aliphatic rings. The van der Waals surface area contributed by atoms with Crippen LogP contribution in [0.4, 0.5) is 0 Å². The van der Waals surface area contributed by atoms with Crippen LogP contribution in [0, 0.1) is 0 Å². The van der Waals surface area contributed by atoms with Gasteiger partial charge in [0.2, 0.25) is 0 Å². The van der Waals surface area contributed by atoms with E-state index in [0.717, 1.165) is 19.6 Å². The van der Waals surface area contributed by atoms with Crippen LogP contribution in [0.1, 0.15) is 63.0 Å². The first kappa shape index (κ1) is 13.9. The summed E-state index contributed by atoms with van der Waals surface area (Å²) >= 11 is 0. The minimum absolute atomic E-state index is 0.147. The van der Waals surface area contributed by atoms with Crippen molar-refractivity contribution < 1.29 is 4.74 Å². The maximum absolute atomic E-state index is 6.08. The van der Waals surface area contributed by atoms with E-state index in [2.05, 4.69) is 30.4 Å². The van der Waals surface area contributed by atoms with Crippen LogP contribution in [0.3, 0.4) is 0 Å². The fourth-order valence-corrected chi connectivity index (χ4v) is 3.92. The number of ether oxygens (including phenoxy) is 1. The summed E-state index contributed by atoms with van der Waals surface area (Å²) in [5.41, 5.74) is 2.99. The van der Waals surface area contributed by atoms with E-state index in [1.165, 1.54) is 61.8 Å². The average molecular weight is 273 g/mol. The molecular formula is C18H27NO. The molecule has 1 aromatic carbocycles. The quantitative estimate of drug-likeness (QED) is 0.892. The van der Waals surface area contributed by atoms with Crippen LogP contribution >= 0.6 is 0 Å². The standard InChI is InChI=1S/C18H27NO/c1-2-11-18(12-4-3-5-13-19-18)16-10-6-8-15-9-7-14-20-17(15)16/h6,8,10,19H,2-5,7,9,11-14H2,1H3. The van der Waals surface area contributed by atoms with Crippen LogP contribution in [0.25, 0.3) is 0 Å². The Labute approximate surface area is 122 Å². The average Bonchev–Trinajstić information content (AvgIpc) is 2.73. The van der Waals surface area contributed by atoms with Gasteiger partial charge in [-0.3, -0.25) is 0 Å². The molecule has 2 nitrogen and oxygen atoms in total. The summed E-state index contributed by atoms with van der Waals surface area (Å²) in [7, 11) is 0. The molecule has 1 saturated heterocycles. The van der Waals surface area contributed by atoms with E-state index >= 15 is 0 Å². The molecule has 1 N–H and O–H groups in total. The largest absolute Gasteiger partial charge is 0.493 e. The Morgan fingerprint density at radius 3 is 3.05 bits per heavy atom. The Morgan fingerprint density at radius 1 is 1.20 bits per heavy atom. The van der Waals surface area contributed by atoms with Crippen molar-refractivity contribution in [2.75, 3.05) is 13.2 Å². The summed E-state index contributed by atoms with van der Waals surface area (Å²) in [6, 6.07) is 6.78. The monoisotopic (exact) mass is 273 g/mol. The van der Waals surface area contributed by atoms with Gasteiger partial charge in [0.05, 0.1) is 6.61 Å². The van der Waals surface area contributed by atoms with Crippen molar-refractivity contribution >= 4 is 0 Å². The molecule has 1 aromatic rings. The first-order valence-electron chi connectivity index (χ1n) is 8.36. The van der Waals surface area contributed by atoms with Crippen molar-refractivity contribution in [3.8, 4) is 5.75 Å². The first-order valence-corrected chi connectivity index (χ1v) is 8.36. The number of hydrogen-bond acceptors (Lipinski definition) is 2. The summed E-state index contributed by atoms with van der Waals surface area (Å²) in [4.78, 5) is 0. The minimum atomic E-state index is 0.147. The lowest BCUT2D eigenvalue weighted by Crippen LogP contribution is -2.42. The number of nitrogens with one attached hydrogen (secondary N) is 1. The van der Waals surface area contributed by atoms with Gasteiger partial charge in [-0.15, -0.1) is 0 Å². The van der Waals surface area contributed by atoms with Crippen LogP contribution in [-0.2, 0) is 12.0 Å². The van der Waals surface area contributed by atoms with Gasteiger partial charge < -0.3 is 10.1 Å². The summed E-state index contributed by atoms with van der Waals surface area (Å²) in [6.45, 7) is 4.32. The number of para-hydroxylation sites is 1. The third kappa shape index (κ3) is 2.58. The van der Waals surface area contributed by atoms with Crippen LogP contribution in [0.15, 0.2) is 18.2 Å². The molecule has 0 aliphatic carbocycles. The Bertz CT molecular complexity index is 447. The minimum Gasteiger partial charge on any atom is -0.493 e. The molecule has 110 valence electrons. The zero-order valence-electron chi connectivity index (χ0n) is 12.7. The zero-order chi connectivity index (χ0) is 13.8. The van der Waals surface area contributed by atoms with Gasteiger partial charge in [0, 0.05) is 11.1 Å². The lowest BCUT2D eigenvalue weighted by molar-refractivity contribution is 0.250.